The summed E-state index contributed by atoms with van der Waals surface area (Å²) in [5.74, 6) is 1.58. The van der Waals surface area contributed by atoms with Gasteiger partial charge in [-0.05, 0) is 30.7 Å². The summed E-state index contributed by atoms with van der Waals surface area (Å²) in [7, 11) is 0. The Labute approximate surface area is 166 Å². The number of amides is 1. The van der Waals surface area contributed by atoms with Crippen molar-refractivity contribution in [2.24, 2.45) is 11.8 Å². The number of nitriles is 1. The van der Waals surface area contributed by atoms with Crippen LogP contribution in [0.4, 0.5) is 10.5 Å². The molecule has 3 fully saturated rings. The molecular weight excluding hydrogens is 374 g/mol. The van der Waals surface area contributed by atoms with Gasteiger partial charge in [0.1, 0.15) is 23.0 Å². The molecule has 142 valence electrons. The van der Waals surface area contributed by atoms with Gasteiger partial charge in [0.25, 0.3) is 0 Å². The second kappa shape index (κ2) is 6.23. The van der Waals surface area contributed by atoms with E-state index >= 15 is 0 Å². The number of rotatable bonds is 3. The van der Waals surface area contributed by atoms with E-state index in [4.69, 9.17) is 4.74 Å². The average Bonchev–Trinajstić information content (AvgIpc) is 2.95. The van der Waals surface area contributed by atoms with E-state index in [1.165, 1.54) is 0 Å². The molecule has 28 heavy (non-hydrogen) atoms. The van der Waals surface area contributed by atoms with Crippen LogP contribution in [0.2, 0.25) is 0 Å². The smallest absolute Gasteiger partial charge is 0.414 e. The van der Waals surface area contributed by atoms with Crippen LogP contribution >= 0.6 is 0 Å². The molecule has 5 rings (SSSR count). The predicted octanol–water partition coefficient (Wildman–Crippen LogP) is 2.86. The second-order valence-corrected chi connectivity index (χ2v) is 9.30. The number of carbonyl (C=O) groups is 1. The number of pyridine rings is 1. The molecule has 3 aliphatic rings. The van der Waals surface area contributed by atoms with Crippen molar-refractivity contribution in [3.8, 4) is 17.2 Å². The lowest BCUT2D eigenvalue weighted by molar-refractivity contribution is 0.150. The third kappa shape index (κ3) is 2.52. The van der Waals surface area contributed by atoms with Gasteiger partial charge in [0, 0.05) is 29.3 Å². The molecule has 3 atom stereocenters. The fourth-order valence-electron chi connectivity index (χ4n) is 4.56. The van der Waals surface area contributed by atoms with Crippen LogP contribution in [-0.2, 0) is 21.3 Å². The summed E-state index contributed by atoms with van der Waals surface area (Å²) in [6.07, 6.45) is 1.38. The minimum atomic E-state index is -0.783. The maximum Gasteiger partial charge on any atom is 0.414 e. The quantitative estimate of drug-likeness (QED) is 0.748. The largest absolute Gasteiger partial charge is 0.616 e. The van der Waals surface area contributed by atoms with Crippen LogP contribution in [-0.4, -0.2) is 39.8 Å². The molecule has 1 saturated carbocycles. The van der Waals surface area contributed by atoms with Crippen molar-refractivity contribution >= 4 is 23.0 Å². The molecule has 2 aliphatic heterocycles. The van der Waals surface area contributed by atoms with Crippen molar-refractivity contribution in [3.63, 3.8) is 0 Å². The van der Waals surface area contributed by atoms with Gasteiger partial charge in [0.2, 0.25) is 0 Å². The molecule has 1 amide bonds. The summed E-state index contributed by atoms with van der Waals surface area (Å²) in [5.41, 5.74) is 2.99. The minimum absolute atomic E-state index is 0.101. The lowest BCUT2D eigenvalue weighted by Gasteiger charge is -2.15. The van der Waals surface area contributed by atoms with Crippen LogP contribution in [0.25, 0.3) is 11.1 Å². The number of benzene rings is 1. The molecule has 0 spiro atoms. The highest BCUT2D eigenvalue weighted by Gasteiger charge is 2.73. The fourth-order valence-corrected chi connectivity index (χ4v) is 6.49. The molecule has 2 saturated heterocycles. The van der Waals surface area contributed by atoms with E-state index in [-0.39, 0.29) is 24.0 Å². The third-order valence-electron chi connectivity index (χ3n) is 6.12. The van der Waals surface area contributed by atoms with Crippen molar-refractivity contribution < 1.29 is 14.1 Å². The van der Waals surface area contributed by atoms with Gasteiger partial charge in [-0.25, -0.2) is 4.79 Å². The first-order valence-electron chi connectivity index (χ1n) is 9.34. The van der Waals surface area contributed by atoms with Gasteiger partial charge < -0.3 is 9.29 Å². The normalized spacial score (nSPS) is 33.3. The SMILES string of the molecule is C[C@H]1CN(c2ccc(-c3ccc(C4(C#N)C5C[S+]([O-])CC54)nc3)cc2)C(=O)O1. The van der Waals surface area contributed by atoms with Crippen LogP contribution in [0.15, 0.2) is 42.6 Å². The Hall–Kier alpha value is -2.56. The Morgan fingerprint density at radius 1 is 1.21 bits per heavy atom. The number of carbonyl (C=O) groups excluding carboxylic acids is 1. The highest BCUT2D eigenvalue weighted by molar-refractivity contribution is 7.91. The van der Waals surface area contributed by atoms with Gasteiger partial charge >= 0.3 is 6.09 Å². The van der Waals surface area contributed by atoms with Crippen LogP contribution < -0.4 is 4.90 Å². The summed E-state index contributed by atoms with van der Waals surface area (Å²) in [4.78, 5) is 18.1. The number of aromatic nitrogens is 1. The standard InChI is InChI=1S/C21H19N3O3S/c1-13-9-24(20(25)27-13)16-5-2-14(3-6-16)15-4-7-19(23-8-15)21(12-22)17-10-28(26)11-18(17)21/h2-8,13,17-18H,9-11H2,1H3/t13-,17?,18?,21?,28?/m0/s1. The van der Waals surface area contributed by atoms with E-state index in [1.54, 1.807) is 11.1 Å². The lowest BCUT2D eigenvalue weighted by atomic mass is 9.97. The summed E-state index contributed by atoms with van der Waals surface area (Å²) < 4.78 is 16.8. The molecule has 1 aromatic heterocycles. The molecular formula is C21H19N3O3S. The molecule has 0 radical (unpaired) electrons. The maximum absolute atomic E-state index is 11.9. The zero-order valence-electron chi connectivity index (χ0n) is 15.4. The molecule has 7 heteroatoms. The third-order valence-corrected chi connectivity index (χ3v) is 7.59. The van der Waals surface area contributed by atoms with Crippen LogP contribution in [0.3, 0.4) is 0 Å². The zero-order valence-corrected chi connectivity index (χ0v) is 16.2. The van der Waals surface area contributed by atoms with Gasteiger partial charge in [-0.1, -0.05) is 29.4 Å². The zero-order chi connectivity index (χ0) is 19.5. The van der Waals surface area contributed by atoms with Crippen LogP contribution in [0.5, 0.6) is 0 Å². The molecule has 6 nitrogen and oxygen atoms in total. The first-order chi connectivity index (χ1) is 13.5. The average molecular weight is 393 g/mol. The topological polar surface area (TPSA) is 89.3 Å². The molecule has 3 heterocycles. The summed E-state index contributed by atoms with van der Waals surface area (Å²) in [6.45, 7) is 2.43. The molecule has 0 N–H and O–H groups in total. The molecule has 1 aliphatic carbocycles. The van der Waals surface area contributed by atoms with Gasteiger partial charge in [0.15, 0.2) is 0 Å². The minimum Gasteiger partial charge on any atom is -0.616 e. The number of anilines is 1. The van der Waals surface area contributed by atoms with Crippen LogP contribution in [0.1, 0.15) is 12.6 Å². The van der Waals surface area contributed by atoms with Gasteiger partial charge in [-0.15, -0.1) is 0 Å². The van der Waals surface area contributed by atoms with Crippen molar-refractivity contribution in [2.45, 2.75) is 18.4 Å². The van der Waals surface area contributed by atoms with E-state index in [0.717, 1.165) is 22.5 Å². The van der Waals surface area contributed by atoms with E-state index in [2.05, 4.69) is 11.1 Å². The van der Waals surface area contributed by atoms with E-state index in [0.29, 0.717) is 18.1 Å². The predicted molar refractivity (Wildman–Crippen MR) is 105 cm³/mol. The number of hydrogen-bond acceptors (Lipinski definition) is 5. The fraction of sp³-hybridized carbons (Fsp3) is 0.381. The number of ether oxygens (including phenoxy) is 1. The second-order valence-electron chi connectivity index (χ2n) is 7.75. The Morgan fingerprint density at radius 2 is 1.89 bits per heavy atom. The van der Waals surface area contributed by atoms with Crippen molar-refractivity contribution in [1.82, 2.24) is 4.98 Å². The summed E-state index contributed by atoms with van der Waals surface area (Å²) in [5, 5.41) is 9.73. The first-order valence-corrected chi connectivity index (χ1v) is 10.8. The first kappa shape index (κ1) is 17.5. The molecule has 1 aromatic carbocycles. The Kier molecular flexibility index (Phi) is 3.90. The monoisotopic (exact) mass is 393 g/mol. The maximum atomic E-state index is 11.9. The highest BCUT2D eigenvalue weighted by atomic mass is 32.2. The lowest BCUT2D eigenvalue weighted by Crippen LogP contribution is -2.23. The van der Waals surface area contributed by atoms with E-state index in [9.17, 15) is 14.6 Å². The van der Waals surface area contributed by atoms with Gasteiger partial charge in [-0.3, -0.25) is 9.88 Å². The highest BCUT2D eigenvalue weighted by Crippen LogP contribution is 2.63. The Bertz CT molecular complexity index is 958. The summed E-state index contributed by atoms with van der Waals surface area (Å²) in [6, 6.07) is 14.1. The van der Waals surface area contributed by atoms with E-state index in [1.807, 2.05) is 43.3 Å². The number of fused-ring (bicyclic) bond motifs is 1. The number of hydrogen-bond donors (Lipinski definition) is 0. The van der Waals surface area contributed by atoms with Crippen LogP contribution in [0, 0.1) is 23.2 Å². The molecule has 2 unspecified atom stereocenters. The van der Waals surface area contributed by atoms with Gasteiger partial charge in [0.05, 0.1) is 18.3 Å². The van der Waals surface area contributed by atoms with Gasteiger partial charge in [-0.2, -0.15) is 5.26 Å². The number of nitrogens with zero attached hydrogens (tertiary/aromatic N) is 3. The Morgan fingerprint density at radius 3 is 2.43 bits per heavy atom. The van der Waals surface area contributed by atoms with Crippen molar-refractivity contribution in [2.75, 3.05) is 23.0 Å². The number of cyclic esters (lactones) is 1. The molecule has 0 bridgehead atoms. The molecule has 2 aromatic rings. The summed E-state index contributed by atoms with van der Waals surface area (Å²) >= 11 is -0.783. The Balaban J connectivity index is 1.35. The van der Waals surface area contributed by atoms with E-state index < -0.39 is 16.6 Å². The van der Waals surface area contributed by atoms with Crippen molar-refractivity contribution in [1.29, 1.82) is 5.26 Å². The van der Waals surface area contributed by atoms with Crippen molar-refractivity contribution in [3.05, 3.63) is 48.3 Å².